The zero-order valence-corrected chi connectivity index (χ0v) is 11.1. The SMILES string of the molecule is NC(=O)c1cccc(CNCc2cc(F)c(O)c(F)c2)c1. The molecular formula is C15H14F2N2O2. The number of carbonyl (C=O) groups is 1. The number of amides is 1. The average Bonchev–Trinajstić information content (AvgIpc) is 2.45. The maximum Gasteiger partial charge on any atom is 0.248 e. The maximum absolute atomic E-state index is 13.2. The number of nitrogens with two attached hydrogens (primary N) is 1. The monoisotopic (exact) mass is 292 g/mol. The molecule has 0 saturated carbocycles. The first-order valence-electron chi connectivity index (χ1n) is 6.23. The van der Waals surface area contributed by atoms with Crippen molar-refractivity contribution in [2.24, 2.45) is 5.73 Å². The molecule has 6 heteroatoms. The normalized spacial score (nSPS) is 10.6. The van der Waals surface area contributed by atoms with Crippen molar-refractivity contribution in [3.05, 3.63) is 64.7 Å². The van der Waals surface area contributed by atoms with Crippen molar-refractivity contribution in [1.29, 1.82) is 0 Å². The molecule has 21 heavy (non-hydrogen) atoms. The van der Waals surface area contributed by atoms with Gasteiger partial charge in [0.2, 0.25) is 5.91 Å². The summed E-state index contributed by atoms with van der Waals surface area (Å²) in [4.78, 5) is 11.1. The fraction of sp³-hybridized carbons (Fsp3) is 0.133. The van der Waals surface area contributed by atoms with Crippen LogP contribution >= 0.6 is 0 Å². The lowest BCUT2D eigenvalue weighted by atomic mass is 10.1. The third kappa shape index (κ3) is 3.76. The summed E-state index contributed by atoms with van der Waals surface area (Å²) >= 11 is 0. The van der Waals surface area contributed by atoms with Gasteiger partial charge in [0, 0.05) is 18.7 Å². The van der Waals surface area contributed by atoms with Gasteiger partial charge in [-0.25, -0.2) is 8.78 Å². The Kier molecular flexibility index (Phi) is 4.49. The van der Waals surface area contributed by atoms with Crippen LogP contribution in [0.4, 0.5) is 8.78 Å². The van der Waals surface area contributed by atoms with E-state index in [0.717, 1.165) is 17.7 Å². The van der Waals surface area contributed by atoms with E-state index in [4.69, 9.17) is 10.8 Å². The fourth-order valence-electron chi connectivity index (χ4n) is 1.91. The molecule has 0 spiro atoms. The Morgan fingerprint density at radius 1 is 1.10 bits per heavy atom. The van der Waals surface area contributed by atoms with Crippen molar-refractivity contribution in [3.8, 4) is 5.75 Å². The average molecular weight is 292 g/mol. The number of aromatic hydroxyl groups is 1. The number of carbonyl (C=O) groups excluding carboxylic acids is 1. The molecule has 110 valence electrons. The predicted octanol–water partition coefficient (Wildman–Crippen LogP) is 2.06. The molecule has 0 aliphatic heterocycles. The van der Waals surface area contributed by atoms with E-state index in [1.54, 1.807) is 24.3 Å². The van der Waals surface area contributed by atoms with Gasteiger partial charge in [0.15, 0.2) is 17.4 Å². The smallest absolute Gasteiger partial charge is 0.248 e. The van der Waals surface area contributed by atoms with Gasteiger partial charge in [-0.05, 0) is 35.4 Å². The van der Waals surface area contributed by atoms with E-state index in [1.165, 1.54) is 0 Å². The van der Waals surface area contributed by atoms with E-state index in [9.17, 15) is 13.6 Å². The Morgan fingerprint density at radius 2 is 1.71 bits per heavy atom. The number of benzene rings is 2. The molecule has 1 amide bonds. The molecule has 0 bridgehead atoms. The van der Waals surface area contributed by atoms with Gasteiger partial charge in [-0.3, -0.25) is 4.79 Å². The minimum atomic E-state index is -0.998. The molecule has 0 unspecified atom stereocenters. The second-order valence-electron chi connectivity index (χ2n) is 4.58. The Labute approximate surface area is 120 Å². The van der Waals surface area contributed by atoms with Crippen LogP contribution in [0.5, 0.6) is 5.75 Å². The maximum atomic E-state index is 13.2. The number of hydrogen-bond acceptors (Lipinski definition) is 3. The van der Waals surface area contributed by atoms with E-state index in [1.807, 2.05) is 0 Å². The summed E-state index contributed by atoms with van der Waals surface area (Å²) in [6.45, 7) is 0.625. The van der Waals surface area contributed by atoms with Gasteiger partial charge in [-0.15, -0.1) is 0 Å². The summed E-state index contributed by atoms with van der Waals surface area (Å²) < 4.78 is 26.3. The van der Waals surface area contributed by atoms with Crippen LogP contribution in [0.15, 0.2) is 36.4 Å². The lowest BCUT2D eigenvalue weighted by molar-refractivity contribution is 0.1000. The van der Waals surface area contributed by atoms with Crippen LogP contribution in [0, 0.1) is 11.6 Å². The van der Waals surface area contributed by atoms with Gasteiger partial charge in [0.25, 0.3) is 0 Å². The molecule has 2 aromatic carbocycles. The first kappa shape index (κ1) is 14.9. The summed E-state index contributed by atoms with van der Waals surface area (Å²) in [5.74, 6) is -3.49. The zero-order chi connectivity index (χ0) is 15.4. The van der Waals surface area contributed by atoms with Gasteiger partial charge < -0.3 is 16.2 Å². The standard InChI is InChI=1S/C15H14F2N2O2/c16-12-5-10(6-13(17)14(12)20)8-19-7-9-2-1-3-11(4-9)15(18)21/h1-6,19-20H,7-8H2,(H2,18,21). The summed E-state index contributed by atoms with van der Waals surface area (Å²) in [5, 5.41) is 12.0. The summed E-state index contributed by atoms with van der Waals surface area (Å²) in [5.41, 5.74) is 6.78. The van der Waals surface area contributed by atoms with Gasteiger partial charge in [-0.2, -0.15) is 0 Å². The van der Waals surface area contributed by atoms with Crippen LogP contribution in [0.3, 0.4) is 0 Å². The molecule has 0 heterocycles. The van der Waals surface area contributed by atoms with Gasteiger partial charge in [0.05, 0.1) is 0 Å². The lowest BCUT2D eigenvalue weighted by Gasteiger charge is -2.07. The largest absolute Gasteiger partial charge is 0.503 e. The Morgan fingerprint density at radius 3 is 2.33 bits per heavy atom. The Balaban J connectivity index is 1.98. The van der Waals surface area contributed by atoms with Crippen molar-refractivity contribution in [3.63, 3.8) is 0 Å². The van der Waals surface area contributed by atoms with Crippen LogP contribution < -0.4 is 11.1 Å². The molecule has 4 nitrogen and oxygen atoms in total. The molecule has 2 rings (SSSR count). The first-order chi connectivity index (χ1) is 9.97. The van der Waals surface area contributed by atoms with Crippen molar-refractivity contribution in [1.82, 2.24) is 5.32 Å². The summed E-state index contributed by atoms with van der Waals surface area (Å²) in [6.07, 6.45) is 0. The fourth-order valence-corrected chi connectivity index (χ4v) is 1.91. The van der Waals surface area contributed by atoms with Gasteiger partial charge in [-0.1, -0.05) is 12.1 Å². The third-order valence-electron chi connectivity index (χ3n) is 2.95. The number of phenolic OH excluding ortho intramolecular Hbond substituents is 1. The number of primary amides is 1. The van der Waals surface area contributed by atoms with Gasteiger partial charge in [0.1, 0.15) is 0 Å². The molecule has 0 aliphatic rings. The molecule has 0 saturated heterocycles. The van der Waals surface area contributed by atoms with E-state index in [2.05, 4.69) is 5.32 Å². The molecule has 0 radical (unpaired) electrons. The second-order valence-corrected chi connectivity index (χ2v) is 4.58. The molecule has 2 aromatic rings. The molecule has 0 aliphatic carbocycles. The molecule has 0 aromatic heterocycles. The molecule has 4 N–H and O–H groups in total. The summed E-state index contributed by atoms with van der Waals surface area (Å²) in [7, 11) is 0. The number of nitrogens with one attached hydrogen (secondary N) is 1. The predicted molar refractivity (Wildman–Crippen MR) is 73.5 cm³/mol. The van der Waals surface area contributed by atoms with Crippen molar-refractivity contribution in [2.75, 3.05) is 0 Å². The number of halogens is 2. The highest BCUT2D eigenvalue weighted by atomic mass is 19.1. The topological polar surface area (TPSA) is 75.4 Å². The molecule has 0 fully saturated rings. The Hall–Kier alpha value is -2.47. The van der Waals surface area contributed by atoms with Crippen LogP contribution in [-0.4, -0.2) is 11.0 Å². The van der Waals surface area contributed by atoms with Crippen molar-refractivity contribution >= 4 is 5.91 Å². The molecular weight excluding hydrogens is 278 g/mol. The molecule has 0 atom stereocenters. The van der Waals surface area contributed by atoms with Crippen LogP contribution in [0.1, 0.15) is 21.5 Å². The van der Waals surface area contributed by atoms with Crippen molar-refractivity contribution < 1.29 is 18.7 Å². The first-order valence-corrected chi connectivity index (χ1v) is 6.23. The van der Waals surface area contributed by atoms with Crippen LogP contribution in [-0.2, 0) is 13.1 Å². The second kappa shape index (κ2) is 6.32. The highest BCUT2D eigenvalue weighted by Crippen LogP contribution is 2.21. The quantitative estimate of drug-likeness (QED) is 0.789. The number of rotatable bonds is 5. The third-order valence-corrected chi connectivity index (χ3v) is 2.95. The highest BCUT2D eigenvalue weighted by molar-refractivity contribution is 5.92. The van der Waals surface area contributed by atoms with Crippen LogP contribution in [0.2, 0.25) is 0 Å². The van der Waals surface area contributed by atoms with E-state index in [-0.39, 0.29) is 6.54 Å². The van der Waals surface area contributed by atoms with E-state index < -0.39 is 23.3 Å². The highest BCUT2D eigenvalue weighted by Gasteiger charge is 2.09. The van der Waals surface area contributed by atoms with Gasteiger partial charge >= 0.3 is 0 Å². The number of hydrogen-bond donors (Lipinski definition) is 3. The zero-order valence-electron chi connectivity index (χ0n) is 11.1. The summed E-state index contributed by atoms with van der Waals surface area (Å²) in [6, 6.07) is 8.88. The number of phenols is 1. The van der Waals surface area contributed by atoms with Crippen molar-refractivity contribution in [2.45, 2.75) is 13.1 Å². The minimum Gasteiger partial charge on any atom is -0.503 e. The van der Waals surface area contributed by atoms with Crippen LogP contribution in [0.25, 0.3) is 0 Å². The van der Waals surface area contributed by atoms with E-state index >= 15 is 0 Å². The lowest BCUT2D eigenvalue weighted by Crippen LogP contribution is -2.15. The minimum absolute atomic E-state index is 0.217. The Bertz CT molecular complexity index is 651. The van der Waals surface area contributed by atoms with E-state index in [0.29, 0.717) is 17.7 Å².